The van der Waals surface area contributed by atoms with Crippen LogP contribution in [0, 0.1) is 11.3 Å². The molecule has 1 spiro atoms. The number of carbonyl (C=O) groups excluding carboxylic acids is 1. The summed E-state index contributed by atoms with van der Waals surface area (Å²) < 4.78 is 15.9. The lowest BCUT2D eigenvalue weighted by atomic mass is 9.76. The summed E-state index contributed by atoms with van der Waals surface area (Å²) in [6.45, 7) is 3.30. The van der Waals surface area contributed by atoms with E-state index in [0.717, 1.165) is 77.5 Å². The van der Waals surface area contributed by atoms with Crippen LogP contribution in [0.25, 0.3) is 20.4 Å². The second-order valence-corrected chi connectivity index (χ2v) is 11.3. The van der Waals surface area contributed by atoms with Gasteiger partial charge in [0.1, 0.15) is 28.2 Å². The fourth-order valence-electron chi connectivity index (χ4n) is 5.37. The van der Waals surface area contributed by atoms with E-state index < -0.39 is 0 Å². The van der Waals surface area contributed by atoms with Crippen molar-refractivity contribution in [1.82, 2.24) is 24.5 Å². The molecule has 174 valence electrons. The van der Waals surface area contributed by atoms with E-state index in [9.17, 15) is 4.79 Å². The first-order valence-electron chi connectivity index (χ1n) is 11.3. The van der Waals surface area contributed by atoms with Gasteiger partial charge in [0.05, 0.1) is 41.5 Å². The molecule has 0 radical (unpaired) electrons. The summed E-state index contributed by atoms with van der Waals surface area (Å²) in [6, 6.07) is 3.88. The summed E-state index contributed by atoms with van der Waals surface area (Å²) in [4.78, 5) is 26.5. The van der Waals surface area contributed by atoms with Gasteiger partial charge >= 0.3 is 0 Å². The van der Waals surface area contributed by atoms with Gasteiger partial charge in [0.25, 0.3) is 0 Å². The van der Waals surface area contributed by atoms with Gasteiger partial charge in [-0.15, -0.1) is 16.4 Å². The average Bonchev–Trinajstić information content (AvgIpc) is 3.40. The molecule has 3 aliphatic rings. The van der Waals surface area contributed by atoms with Crippen LogP contribution in [-0.4, -0.2) is 63.8 Å². The van der Waals surface area contributed by atoms with Crippen molar-refractivity contribution in [2.45, 2.75) is 19.3 Å². The van der Waals surface area contributed by atoms with Crippen LogP contribution in [-0.2, 0) is 22.4 Å². The zero-order chi connectivity index (χ0) is 22.9. The van der Waals surface area contributed by atoms with Crippen molar-refractivity contribution >= 4 is 60.7 Å². The molecule has 1 aromatic carbocycles. The van der Waals surface area contributed by atoms with Crippen LogP contribution >= 0.6 is 22.9 Å². The molecule has 11 heteroatoms. The third-order valence-electron chi connectivity index (χ3n) is 7.20. The lowest BCUT2D eigenvalue weighted by Crippen LogP contribution is -2.68. The zero-order valence-electron chi connectivity index (χ0n) is 18.5. The predicted molar refractivity (Wildman–Crippen MR) is 130 cm³/mol. The summed E-state index contributed by atoms with van der Waals surface area (Å²) in [7, 11) is 1.64. The first-order valence-corrected chi connectivity index (χ1v) is 12.9. The van der Waals surface area contributed by atoms with E-state index in [2.05, 4.69) is 24.9 Å². The molecule has 34 heavy (non-hydrogen) atoms. The summed E-state index contributed by atoms with van der Waals surface area (Å²) in [5, 5.41) is 8.65. The van der Waals surface area contributed by atoms with Gasteiger partial charge in [-0.1, -0.05) is 4.49 Å². The van der Waals surface area contributed by atoms with Gasteiger partial charge in [-0.05, 0) is 42.4 Å². The molecule has 3 aromatic heterocycles. The van der Waals surface area contributed by atoms with Crippen LogP contribution in [0.5, 0.6) is 5.75 Å². The van der Waals surface area contributed by atoms with E-state index in [1.807, 2.05) is 17.0 Å². The molecule has 7 rings (SSSR count). The summed E-state index contributed by atoms with van der Waals surface area (Å²) in [5.74, 6) is 1.79. The monoisotopic (exact) mass is 494 g/mol. The lowest BCUT2D eigenvalue weighted by Gasteiger charge is -2.55. The molecular formula is C23H22N6O3S2. The molecule has 4 aromatic rings. The van der Waals surface area contributed by atoms with Crippen molar-refractivity contribution in [1.29, 1.82) is 0 Å². The van der Waals surface area contributed by atoms with Crippen molar-refractivity contribution in [3.63, 3.8) is 0 Å². The summed E-state index contributed by atoms with van der Waals surface area (Å²) in [5.41, 5.74) is 3.14. The smallest absolute Gasteiger partial charge is 0.226 e. The van der Waals surface area contributed by atoms with Crippen molar-refractivity contribution in [2.24, 2.45) is 11.3 Å². The number of rotatable bonds is 4. The number of methoxy groups -OCH3 is 1. The van der Waals surface area contributed by atoms with Crippen molar-refractivity contribution in [2.75, 3.05) is 38.7 Å². The van der Waals surface area contributed by atoms with Crippen LogP contribution in [0.3, 0.4) is 0 Å². The fourth-order valence-corrected chi connectivity index (χ4v) is 7.22. The molecule has 1 N–H and O–H groups in total. The van der Waals surface area contributed by atoms with Crippen molar-refractivity contribution in [3.8, 4) is 5.75 Å². The van der Waals surface area contributed by atoms with E-state index in [1.54, 1.807) is 24.8 Å². The van der Waals surface area contributed by atoms with E-state index in [0.29, 0.717) is 11.7 Å². The number of thiophene rings is 1. The van der Waals surface area contributed by atoms with Crippen LogP contribution < -0.4 is 10.1 Å². The first kappa shape index (κ1) is 20.5. The van der Waals surface area contributed by atoms with Gasteiger partial charge in [-0.25, -0.2) is 9.97 Å². The van der Waals surface area contributed by atoms with Crippen molar-refractivity contribution < 1.29 is 14.3 Å². The average molecular weight is 495 g/mol. The van der Waals surface area contributed by atoms with E-state index in [1.165, 1.54) is 22.0 Å². The van der Waals surface area contributed by atoms with Gasteiger partial charge in [-0.3, -0.25) is 4.79 Å². The highest BCUT2D eigenvalue weighted by Gasteiger charge is 2.51. The number of benzene rings is 1. The Labute approximate surface area is 203 Å². The highest BCUT2D eigenvalue weighted by molar-refractivity contribution is 7.19. The van der Waals surface area contributed by atoms with Crippen LogP contribution in [0.2, 0.25) is 0 Å². The zero-order valence-corrected chi connectivity index (χ0v) is 20.2. The third kappa shape index (κ3) is 3.10. The van der Waals surface area contributed by atoms with Crippen LogP contribution in [0.15, 0.2) is 18.5 Å². The number of amides is 1. The highest BCUT2D eigenvalue weighted by atomic mass is 32.1. The number of carbonyl (C=O) groups is 1. The number of ether oxygens (including phenoxy) is 2. The Balaban J connectivity index is 1.18. The number of anilines is 2. The van der Waals surface area contributed by atoms with E-state index in [-0.39, 0.29) is 11.3 Å². The quantitative estimate of drug-likeness (QED) is 0.461. The number of fused-ring (bicyclic) bond motifs is 4. The number of aromatic nitrogens is 4. The second kappa shape index (κ2) is 7.56. The molecular weight excluding hydrogens is 472 g/mol. The van der Waals surface area contributed by atoms with Crippen LogP contribution in [0.1, 0.15) is 16.9 Å². The maximum Gasteiger partial charge on any atom is 0.226 e. The fraction of sp³-hybridized carbons (Fsp3) is 0.435. The number of aryl methyl sites for hydroxylation is 1. The largest absolute Gasteiger partial charge is 0.494 e. The number of nitrogens with one attached hydrogen (secondary N) is 1. The molecule has 1 aliphatic carbocycles. The molecule has 9 nitrogen and oxygen atoms in total. The third-order valence-corrected chi connectivity index (χ3v) is 9.05. The standard InChI is InChI=1S/C23H22N6O3S2/c1-31-16-5-15-18(34-28-27-15)6-14(16)26-20-19-13-3-2-12(4-17(13)33-21(19)25-11-24-20)22(30)29-7-23(8-29)9-32-10-23/h5-6,11-12H,2-4,7-10H2,1H3,(H,24,25,26)/t12-/m0/s1. The molecule has 2 fully saturated rings. The minimum atomic E-state index is 0.0459. The Bertz CT molecular complexity index is 1440. The van der Waals surface area contributed by atoms with E-state index in [4.69, 9.17) is 9.47 Å². The maximum atomic E-state index is 13.1. The van der Waals surface area contributed by atoms with Gasteiger partial charge < -0.3 is 19.7 Å². The van der Waals surface area contributed by atoms with Gasteiger partial charge in [0.2, 0.25) is 5.91 Å². The van der Waals surface area contributed by atoms with Gasteiger partial charge in [0, 0.05) is 30.0 Å². The predicted octanol–water partition coefficient (Wildman–Crippen LogP) is 3.41. The minimum Gasteiger partial charge on any atom is -0.494 e. The summed E-state index contributed by atoms with van der Waals surface area (Å²) in [6.07, 6.45) is 4.07. The number of hydrogen-bond acceptors (Lipinski definition) is 10. The number of likely N-dealkylation sites (tertiary alicyclic amines) is 1. The van der Waals surface area contributed by atoms with E-state index >= 15 is 0 Å². The highest BCUT2D eigenvalue weighted by Crippen LogP contribution is 2.44. The Hall–Kier alpha value is -2.89. The Morgan fingerprint density at radius 2 is 2.18 bits per heavy atom. The SMILES string of the molecule is COc1cc2nnsc2cc1Nc1ncnc2sc3c(c12)CC[C@H](C(=O)N1CC2(COC2)C1)C3. The van der Waals surface area contributed by atoms with Gasteiger partial charge in [0.15, 0.2) is 0 Å². The Morgan fingerprint density at radius 3 is 2.97 bits per heavy atom. The maximum absolute atomic E-state index is 13.1. The normalized spacial score (nSPS) is 20.7. The van der Waals surface area contributed by atoms with Gasteiger partial charge in [-0.2, -0.15) is 0 Å². The molecule has 0 bridgehead atoms. The molecule has 0 saturated carbocycles. The first-order chi connectivity index (χ1) is 16.6. The minimum absolute atomic E-state index is 0.0459. The number of nitrogens with zero attached hydrogens (tertiary/aromatic N) is 5. The molecule has 1 amide bonds. The topological polar surface area (TPSA) is 102 Å². The molecule has 2 aliphatic heterocycles. The second-order valence-electron chi connectivity index (χ2n) is 9.45. The van der Waals surface area contributed by atoms with Crippen molar-refractivity contribution in [3.05, 3.63) is 28.9 Å². The Morgan fingerprint density at radius 1 is 1.29 bits per heavy atom. The molecule has 0 unspecified atom stereocenters. The summed E-state index contributed by atoms with van der Waals surface area (Å²) >= 11 is 3.03. The molecule has 2 saturated heterocycles. The Kier molecular flexibility index (Phi) is 4.55. The number of hydrogen-bond donors (Lipinski definition) is 1. The molecule has 1 atom stereocenters. The lowest BCUT2D eigenvalue weighted by molar-refractivity contribution is -0.197. The van der Waals surface area contributed by atoms with Crippen LogP contribution in [0.4, 0.5) is 11.5 Å². The molecule has 5 heterocycles.